The first kappa shape index (κ1) is 14.3. The highest BCUT2D eigenvalue weighted by Crippen LogP contribution is 2.16. The van der Waals surface area contributed by atoms with Crippen molar-refractivity contribution >= 4 is 0 Å². The Balaban J connectivity index is 2.03. The fourth-order valence-corrected chi connectivity index (χ4v) is 2.86. The molecular formula is C15H25N3O. The van der Waals surface area contributed by atoms with Crippen molar-refractivity contribution < 1.29 is 5.11 Å². The van der Waals surface area contributed by atoms with E-state index in [9.17, 15) is 5.11 Å². The summed E-state index contributed by atoms with van der Waals surface area (Å²) in [5, 5.41) is 9.52. The lowest BCUT2D eigenvalue weighted by Crippen LogP contribution is -2.51. The maximum atomic E-state index is 9.52. The van der Waals surface area contributed by atoms with Gasteiger partial charge < -0.3 is 20.6 Å². The zero-order valence-electron chi connectivity index (χ0n) is 11.9. The Morgan fingerprint density at radius 1 is 1.37 bits per heavy atom. The number of likely N-dealkylation sites (N-methyl/N-ethyl adjacent to an activating group) is 2. The van der Waals surface area contributed by atoms with Gasteiger partial charge in [0.1, 0.15) is 5.75 Å². The van der Waals surface area contributed by atoms with E-state index >= 15 is 0 Å². The average Bonchev–Trinajstić information content (AvgIpc) is 2.51. The Morgan fingerprint density at radius 3 is 2.89 bits per heavy atom. The lowest BCUT2D eigenvalue weighted by atomic mass is 9.99. The lowest BCUT2D eigenvalue weighted by Gasteiger charge is -2.32. The van der Waals surface area contributed by atoms with Crippen LogP contribution in [0.2, 0.25) is 0 Å². The summed E-state index contributed by atoms with van der Waals surface area (Å²) in [6, 6.07) is 7.86. The van der Waals surface area contributed by atoms with E-state index in [-0.39, 0.29) is 6.04 Å². The van der Waals surface area contributed by atoms with Crippen molar-refractivity contribution in [3.8, 4) is 5.75 Å². The van der Waals surface area contributed by atoms with Crippen LogP contribution >= 0.6 is 0 Å². The second-order valence-corrected chi connectivity index (χ2v) is 5.70. The molecule has 0 aromatic heterocycles. The molecule has 1 aromatic carbocycles. The summed E-state index contributed by atoms with van der Waals surface area (Å²) >= 11 is 0. The van der Waals surface area contributed by atoms with Crippen LogP contribution in [0.4, 0.5) is 0 Å². The van der Waals surface area contributed by atoms with Gasteiger partial charge in [-0.15, -0.1) is 0 Å². The first-order valence-corrected chi connectivity index (χ1v) is 6.98. The number of phenols is 1. The third-order valence-corrected chi connectivity index (χ3v) is 3.99. The van der Waals surface area contributed by atoms with Crippen molar-refractivity contribution in [3.63, 3.8) is 0 Å². The van der Waals surface area contributed by atoms with Gasteiger partial charge in [0.05, 0.1) is 0 Å². The molecule has 0 spiro atoms. The van der Waals surface area contributed by atoms with Gasteiger partial charge in [-0.3, -0.25) is 0 Å². The molecule has 0 saturated carbocycles. The number of phenolic OH excluding ortho intramolecular Hbond substituents is 1. The van der Waals surface area contributed by atoms with Crippen molar-refractivity contribution in [3.05, 3.63) is 29.8 Å². The summed E-state index contributed by atoms with van der Waals surface area (Å²) in [5.74, 6) is 0.316. The Kier molecular flexibility index (Phi) is 4.80. The number of hydrogen-bond donors (Lipinski definition) is 2. The third-order valence-electron chi connectivity index (χ3n) is 3.99. The van der Waals surface area contributed by atoms with Crippen LogP contribution in [-0.2, 0) is 6.42 Å². The van der Waals surface area contributed by atoms with E-state index in [1.807, 2.05) is 12.1 Å². The van der Waals surface area contributed by atoms with E-state index < -0.39 is 0 Å². The summed E-state index contributed by atoms with van der Waals surface area (Å²) in [6.45, 7) is 3.25. The van der Waals surface area contributed by atoms with Crippen LogP contribution in [0.15, 0.2) is 24.3 Å². The monoisotopic (exact) mass is 263 g/mol. The number of hydrogen-bond acceptors (Lipinski definition) is 4. The topological polar surface area (TPSA) is 52.7 Å². The molecule has 19 heavy (non-hydrogen) atoms. The molecule has 0 aliphatic carbocycles. The largest absolute Gasteiger partial charge is 0.508 e. The Bertz CT molecular complexity index is 410. The molecule has 3 N–H and O–H groups in total. The molecule has 0 radical (unpaired) electrons. The SMILES string of the molecule is CN1CCCN(C)C(C(N)Cc2cccc(O)c2)C1. The summed E-state index contributed by atoms with van der Waals surface area (Å²) in [7, 11) is 4.32. The van der Waals surface area contributed by atoms with Gasteiger partial charge in [-0.1, -0.05) is 12.1 Å². The molecule has 2 atom stereocenters. The highest BCUT2D eigenvalue weighted by atomic mass is 16.3. The third kappa shape index (κ3) is 3.93. The highest BCUT2D eigenvalue weighted by Gasteiger charge is 2.26. The first-order valence-electron chi connectivity index (χ1n) is 6.98. The minimum atomic E-state index is 0.0901. The quantitative estimate of drug-likeness (QED) is 0.851. The van der Waals surface area contributed by atoms with Crippen LogP contribution in [-0.4, -0.2) is 60.7 Å². The molecular weight excluding hydrogens is 238 g/mol. The van der Waals surface area contributed by atoms with Crippen molar-refractivity contribution in [2.24, 2.45) is 5.73 Å². The van der Waals surface area contributed by atoms with Gasteiger partial charge in [0, 0.05) is 18.6 Å². The van der Waals surface area contributed by atoms with Gasteiger partial charge in [-0.05, 0) is 57.7 Å². The van der Waals surface area contributed by atoms with Crippen molar-refractivity contribution in [1.29, 1.82) is 0 Å². The molecule has 1 heterocycles. The minimum absolute atomic E-state index is 0.0901. The van der Waals surface area contributed by atoms with E-state index in [4.69, 9.17) is 5.73 Å². The fourth-order valence-electron chi connectivity index (χ4n) is 2.86. The molecule has 0 amide bonds. The highest BCUT2D eigenvalue weighted by molar-refractivity contribution is 5.27. The number of nitrogens with zero attached hydrogens (tertiary/aromatic N) is 2. The Labute approximate surface area is 115 Å². The summed E-state index contributed by atoms with van der Waals surface area (Å²) in [5.41, 5.74) is 7.51. The zero-order chi connectivity index (χ0) is 13.8. The summed E-state index contributed by atoms with van der Waals surface area (Å²) < 4.78 is 0. The summed E-state index contributed by atoms with van der Waals surface area (Å²) in [4.78, 5) is 4.73. The molecule has 2 unspecified atom stereocenters. The van der Waals surface area contributed by atoms with Crippen molar-refractivity contribution in [1.82, 2.24) is 9.80 Å². The number of aromatic hydroxyl groups is 1. The second-order valence-electron chi connectivity index (χ2n) is 5.70. The van der Waals surface area contributed by atoms with E-state index in [1.54, 1.807) is 12.1 Å². The number of nitrogens with two attached hydrogens (primary N) is 1. The maximum Gasteiger partial charge on any atom is 0.115 e. The first-order chi connectivity index (χ1) is 9.06. The number of benzene rings is 1. The maximum absolute atomic E-state index is 9.52. The normalized spacial score (nSPS) is 24.1. The van der Waals surface area contributed by atoms with E-state index in [1.165, 1.54) is 6.42 Å². The average molecular weight is 263 g/mol. The molecule has 1 saturated heterocycles. The predicted octanol–water partition coefficient (Wildman–Crippen LogP) is 0.898. The standard InChI is InChI=1S/C15H25N3O/c1-17-7-4-8-18(2)15(11-17)14(16)10-12-5-3-6-13(19)9-12/h3,5-6,9,14-15,19H,4,7-8,10-11,16H2,1-2H3. The second kappa shape index (κ2) is 6.37. The lowest BCUT2D eigenvalue weighted by molar-refractivity contribution is 0.195. The fraction of sp³-hybridized carbons (Fsp3) is 0.600. The van der Waals surface area contributed by atoms with Gasteiger partial charge >= 0.3 is 0 Å². The van der Waals surface area contributed by atoms with E-state index in [0.717, 1.165) is 31.6 Å². The molecule has 4 heteroatoms. The van der Waals surface area contributed by atoms with E-state index in [2.05, 4.69) is 23.9 Å². The van der Waals surface area contributed by atoms with Crippen LogP contribution in [0.25, 0.3) is 0 Å². The Hall–Kier alpha value is -1.10. The van der Waals surface area contributed by atoms with Gasteiger partial charge in [0.2, 0.25) is 0 Å². The van der Waals surface area contributed by atoms with Crippen LogP contribution in [0.1, 0.15) is 12.0 Å². The van der Waals surface area contributed by atoms with Crippen LogP contribution in [0, 0.1) is 0 Å². The van der Waals surface area contributed by atoms with Crippen molar-refractivity contribution in [2.45, 2.75) is 24.9 Å². The molecule has 106 valence electrons. The van der Waals surface area contributed by atoms with Crippen LogP contribution in [0.5, 0.6) is 5.75 Å². The van der Waals surface area contributed by atoms with Crippen molar-refractivity contribution in [2.75, 3.05) is 33.7 Å². The minimum Gasteiger partial charge on any atom is -0.508 e. The van der Waals surface area contributed by atoms with Gasteiger partial charge in [0.25, 0.3) is 0 Å². The molecule has 0 bridgehead atoms. The smallest absolute Gasteiger partial charge is 0.115 e. The van der Waals surface area contributed by atoms with Gasteiger partial charge in [-0.25, -0.2) is 0 Å². The molecule has 2 rings (SSSR count). The Morgan fingerprint density at radius 2 is 2.16 bits per heavy atom. The van der Waals surface area contributed by atoms with Crippen LogP contribution < -0.4 is 5.73 Å². The van der Waals surface area contributed by atoms with Gasteiger partial charge in [0.15, 0.2) is 0 Å². The zero-order valence-corrected chi connectivity index (χ0v) is 11.9. The molecule has 1 fully saturated rings. The predicted molar refractivity (Wildman–Crippen MR) is 78.3 cm³/mol. The van der Waals surface area contributed by atoms with Crippen LogP contribution in [0.3, 0.4) is 0 Å². The van der Waals surface area contributed by atoms with E-state index in [0.29, 0.717) is 11.8 Å². The molecule has 1 aliphatic heterocycles. The summed E-state index contributed by atoms with van der Waals surface area (Å²) in [6.07, 6.45) is 2.00. The molecule has 1 aliphatic rings. The van der Waals surface area contributed by atoms with Gasteiger partial charge in [-0.2, -0.15) is 0 Å². The molecule has 1 aromatic rings. The number of rotatable bonds is 3. The molecule has 4 nitrogen and oxygen atoms in total.